The van der Waals surface area contributed by atoms with Crippen molar-refractivity contribution in [2.24, 2.45) is 17.8 Å². The van der Waals surface area contributed by atoms with E-state index in [1.54, 1.807) is 0 Å². The van der Waals surface area contributed by atoms with E-state index in [1.807, 2.05) is 12.1 Å². The second-order valence-corrected chi connectivity index (χ2v) is 11.7. The summed E-state index contributed by atoms with van der Waals surface area (Å²) in [5, 5.41) is 8.83. The number of nitrogens with one attached hydrogen (secondary N) is 1. The number of nitrogens with zero attached hydrogens (tertiary/aromatic N) is 3. The van der Waals surface area contributed by atoms with Crippen LogP contribution in [0.2, 0.25) is 5.02 Å². The number of benzene rings is 1. The quantitative estimate of drug-likeness (QED) is 0.564. The lowest BCUT2D eigenvalue weighted by Crippen LogP contribution is -2.61. The van der Waals surface area contributed by atoms with Gasteiger partial charge in [0, 0.05) is 23.0 Å². The fraction of sp³-hybridized carbons (Fsp3) is 0.625. The Morgan fingerprint density at radius 2 is 1.74 bits per heavy atom. The number of thioether (sulfide) groups is 1. The van der Waals surface area contributed by atoms with E-state index in [4.69, 9.17) is 11.6 Å². The molecule has 5 aliphatic rings. The van der Waals surface area contributed by atoms with Crippen molar-refractivity contribution < 1.29 is 4.79 Å². The first-order valence-corrected chi connectivity index (χ1v) is 13.0. The van der Waals surface area contributed by atoms with Gasteiger partial charge in [-0.25, -0.2) is 4.98 Å². The monoisotopic (exact) mass is 456 g/mol. The summed E-state index contributed by atoms with van der Waals surface area (Å²) < 4.78 is 0. The molecule has 0 saturated heterocycles. The van der Waals surface area contributed by atoms with Gasteiger partial charge >= 0.3 is 0 Å². The van der Waals surface area contributed by atoms with Crippen LogP contribution in [0.1, 0.15) is 68.7 Å². The maximum Gasteiger partial charge on any atom is 0.233 e. The van der Waals surface area contributed by atoms with E-state index in [0.717, 1.165) is 34.2 Å². The zero-order valence-corrected chi connectivity index (χ0v) is 19.3. The molecule has 0 unspecified atom stereocenters. The largest absolute Gasteiger partial charge is 0.332 e. The molecule has 4 bridgehead atoms. The van der Waals surface area contributed by atoms with Gasteiger partial charge in [0.2, 0.25) is 11.1 Å². The molecule has 5 saturated carbocycles. The first kappa shape index (κ1) is 20.1. The predicted molar refractivity (Wildman–Crippen MR) is 122 cm³/mol. The third-order valence-electron chi connectivity index (χ3n) is 7.90. The van der Waals surface area contributed by atoms with Crippen LogP contribution in [0.3, 0.4) is 0 Å². The van der Waals surface area contributed by atoms with Gasteiger partial charge in [-0.2, -0.15) is 0 Å². The Kier molecular flexibility index (Phi) is 5.06. The van der Waals surface area contributed by atoms with Crippen LogP contribution in [-0.2, 0) is 11.3 Å². The first-order chi connectivity index (χ1) is 15.1. The molecule has 5 nitrogen and oxygen atoms in total. The summed E-state index contributed by atoms with van der Waals surface area (Å²) in [7, 11) is 0. The molecule has 164 valence electrons. The van der Waals surface area contributed by atoms with E-state index in [1.165, 1.54) is 63.1 Å². The van der Waals surface area contributed by atoms with Gasteiger partial charge in [0.15, 0.2) is 0 Å². The Labute approximate surface area is 192 Å². The standard InChI is InChI=1S/C24H29ClN4OS/c25-20-5-1-15(2-6-20)13-29(24-10-16-7-17(11-24)9-18(8-16)12-24)21(30)14-31-23-26-22(27-28-23)19-3-4-19/h1-2,5-6,16-19H,3-4,7-14H2,(H,26,27,28). The predicted octanol–water partition coefficient (Wildman–Crippen LogP) is 5.43. The van der Waals surface area contributed by atoms with Gasteiger partial charge in [0.1, 0.15) is 5.82 Å². The van der Waals surface area contributed by atoms with Gasteiger partial charge in [-0.05, 0) is 86.8 Å². The molecule has 2 aromatic rings. The lowest BCUT2D eigenvalue weighted by atomic mass is 9.52. The Bertz CT molecular complexity index is 935. The molecule has 7 heteroatoms. The van der Waals surface area contributed by atoms with Gasteiger partial charge < -0.3 is 4.90 Å². The highest BCUT2D eigenvalue weighted by molar-refractivity contribution is 7.99. The smallest absolute Gasteiger partial charge is 0.233 e. The Balaban J connectivity index is 1.23. The second kappa shape index (κ2) is 7.80. The van der Waals surface area contributed by atoms with Crippen molar-refractivity contribution in [3.8, 4) is 0 Å². The lowest BCUT2D eigenvalue weighted by molar-refractivity contribution is -0.149. The fourth-order valence-electron chi connectivity index (χ4n) is 6.75. The van der Waals surface area contributed by atoms with Crippen LogP contribution in [0.25, 0.3) is 0 Å². The summed E-state index contributed by atoms with van der Waals surface area (Å²) in [6.45, 7) is 0.671. The maximum atomic E-state index is 13.7. The molecule has 5 aliphatic carbocycles. The van der Waals surface area contributed by atoms with Crippen LogP contribution in [0, 0.1) is 17.8 Å². The molecule has 1 aromatic carbocycles. The van der Waals surface area contributed by atoms with E-state index in [9.17, 15) is 4.79 Å². The van der Waals surface area contributed by atoms with Crippen LogP contribution in [-0.4, -0.2) is 37.3 Å². The van der Waals surface area contributed by atoms with Crippen LogP contribution < -0.4 is 0 Å². The molecule has 7 rings (SSSR count). The summed E-state index contributed by atoms with van der Waals surface area (Å²) in [4.78, 5) is 20.5. The summed E-state index contributed by atoms with van der Waals surface area (Å²) in [5.74, 6) is 4.55. The maximum absolute atomic E-state index is 13.7. The Morgan fingerprint density at radius 3 is 2.35 bits per heavy atom. The molecule has 1 heterocycles. The SMILES string of the molecule is O=C(CSc1n[nH]c(C2CC2)n1)N(Cc1ccc(Cl)cc1)C12CC3CC(CC(C3)C1)C2. The van der Waals surface area contributed by atoms with E-state index >= 15 is 0 Å². The summed E-state index contributed by atoms with van der Waals surface area (Å²) >= 11 is 7.59. The molecular weight excluding hydrogens is 428 g/mol. The van der Waals surface area contributed by atoms with Gasteiger partial charge in [0.25, 0.3) is 0 Å². The topological polar surface area (TPSA) is 61.9 Å². The van der Waals surface area contributed by atoms with Crippen molar-refractivity contribution in [1.82, 2.24) is 20.1 Å². The first-order valence-electron chi connectivity index (χ1n) is 11.7. The number of carbonyl (C=O) groups is 1. The van der Waals surface area contributed by atoms with Crippen molar-refractivity contribution in [3.05, 3.63) is 40.7 Å². The Hall–Kier alpha value is -1.53. The van der Waals surface area contributed by atoms with Crippen LogP contribution in [0.5, 0.6) is 0 Å². The molecule has 0 radical (unpaired) electrons. The summed E-state index contributed by atoms with van der Waals surface area (Å²) in [6, 6.07) is 7.99. The number of rotatable bonds is 7. The minimum atomic E-state index is 0.0320. The van der Waals surface area contributed by atoms with E-state index in [0.29, 0.717) is 23.4 Å². The Morgan fingerprint density at radius 1 is 1.10 bits per heavy atom. The molecule has 1 amide bonds. The molecule has 0 spiro atoms. The van der Waals surface area contributed by atoms with Gasteiger partial charge in [-0.3, -0.25) is 9.89 Å². The number of amides is 1. The van der Waals surface area contributed by atoms with Gasteiger partial charge in [0.05, 0.1) is 5.75 Å². The van der Waals surface area contributed by atoms with Crippen molar-refractivity contribution >= 4 is 29.3 Å². The van der Waals surface area contributed by atoms with Crippen LogP contribution in [0.4, 0.5) is 0 Å². The number of aromatic amines is 1. The van der Waals surface area contributed by atoms with Gasteiger partial charge in [-0.15, -0.1) is 5.10 Å². The zero-order valence-electron chi connectivity index (χ0n) is 17.7. The normalized spacial score (nSPS) is 31.2. The van der Waals surface area contributed by atoms with E-state index in [2.05, 4.69) is 32.2 Å². The third-order valence-corrected chi connectivity index (χ3v) is 8.99. The molecule has 0 atom stereocenters. The van der Waals surface area contributed by atoms with Crippen LogP contribution >= 0.6 is 23.4 Å². The van der Waals surface area contributed by atoms with Crippen molar-refractivity contribution in [2.75, 3.05) is 5.75 Å². The summed E-state index contributed by atoms with van der Waals surface area (Å²) in [5.41, 5.74) is 1.19. The highest BCUT2D eigenvalue weighted by Gasteiger charge is 2.54. The average Bonchev–Trinajstić information content (AvgIpc) is 3.48. The van der Waals surface area contributed by atoms with Gasteiger partial charge in [-0.1, -0.05) is 35.5 Å². The molecule has 1 N–H and O–H groups in total. The van der Waals surface area contributed by atoms with Crippen molar-refractivity contribution in [1.29, 1.82) is 0 Å². The highest BCUT2D eigenvalue weighted by atomic mass is 35.5. The lowest BCUT2D eigenvalue weighted by Gasteiger charge is -2.60. The highest BCUT2D eigenvalue weighted by Crippen LogP contribution is 2.58. The molecule has 5 fully saturated rings. The van der Waals surface area contributed by atoms with Crippen molar-refractivity contribution in [2.45, 2.75) is 74.5 Å². The van der Waals surface area contributed by atoms with Crippen LogP contribution in [0.15, 0.2) is 29.4 Å². The average molecular weight is 457 g/mol. The number of aromatic nitrogens is 3. The number of carbonyl (C=O) groups excluding carboxylic acids is 1. The molecule has 31 heavy (non-hydrogen) atoms. The molecular formula is C24H29ClN4OS. The minimum Gasteiger partial charge on any atom is -0.332 e. The van der Waals surface area contributed by atoms with E-state index < -0.39 is 0 Å². The second-order valence-electron chi connectivity index (χ2n) is 10.3. The number of H-pyrrole nitrogens is 1. The number of hydrogen-bond donors (Lipinski definition) is 1. The van der Waals surface area contributed by atoms with E-state index in [-0.39, 0.29) is 11.4 Å². The molecule has 0 aliphatic heterocycles. The number of hydrogen-bond acceptors (Lipinski definition) is 4. The molecule has 1 aromatic heterocycles. The summed E-state index contributed by atoms with van der Waals surface area (Å²) in [6.07, 6.45) is 10.0. The third kappa shape index (κ3) is 4.02. The number of halogens is 1. The van der Waals surface area contributed by atoms with Crippen molar-refractivity contribution in [3.63, 3.8) is 0 Å². The fourth-order valence-corrected chi connectivity index (χ4v) is 7.56. The zero-order chi connectivity index (χ0) is 21.0. The minimum absolute atomic E-state index is 0.0320.